The lowest BCUT2D eigenvalue weighted by Gasteiger charge is -2.09. The van der Waals surface area contributed by atoms with Gasteiger partial charge in [0.15, 0.2) is 0 Å². The molecule has 8 nitrogen and oxygen atoms in total. The maximum absolute atomic E-state index is 12.4. The number of carbonyl (C=O) groups excluding carboxylic acids is 2. The van der Waals surface area contributed by atoms with Crippen molar-refractivity contribution >= 4 is 34.0 Å². The van der Waals surface area contributed by atoms with Gasteiger partial charge < -0.3 is 10.6 Å². The molecule has 1 aliphatic heterocycles. The molecular weight excluding hydrogens is 336 g/mol. The summed E-state index contributed by atoms with van der Waals surface area (Å²) in [5, 5.41) is 8.34. The summed E-state index contributed by atoms with van der Waals surface area (Å²) in [5.41, 5.74) is 1.16. The highest BCUT2D eigenvalue weighted by molar-refractivity contribution is 6.00. The van der Waals surface area contributed by atoms with E-state index in [1.54, 1.807) is 42.5 Å². The van der Waals surface area contributed by atoms with E-state index in [4.69, 9.17) is 0 Å². The molecular formula is C18H14N4O4. The average molecular weight is 350 g/mol. The monoisotopic (exact) mass is 350 g/mol. The van der Waals surface area contributed by atoms with Crippen LogP contribution in [-0.4, -0.2) is 21.6 Å². The van der Waals surface area contributed by atoms with E-state index in [-0.39, 0.29) is 29.6 Å². The first-order valence-corrected chi connectivity index (χ1v) is 7.96. The topological polar surface area (TPSA) is 113 Å². The number of amides is 2. The van der Waals surface area contributed by atoms with Gasteiger partial charge in [-0.05, 0) is 35.9 Å². The third-order valence-corrected chi connectivity index (χ3v) is 4.20. The Kier molecular flexibility index (Phi) is 3.65. The third kappa shape index (κ3) is 2.77. The van der Waals surface area contributed by atoms with E-state index in [1.807, 2.05) is 0 Å². The Hall–Kier alpha value is -3.68. The molecule has 8 heteroatoms. The van der Waals surface area contributed by atoms with Crippen molar-refractivity contribution in [3.8, 4) is 0 Å². The summed E-state index contributed by atoms with van der Waals surface area (Å²) in [6.45, 7) is -0.326. The Morgan fingerprint density at radius 2 is 1.85 bits per heavy atom. The molecule has 26 heavy (non-hydrogen) atoms. The minimum atomic E-state index is -0.463. The summed E-state index contributed by atoms with van der Waals surface area (Å²) in [6, 6.07) is 11.5. The highest BCUT2D eigenvalue weighted by Gasteiger charge is 2.18. The van der Waals surface area contributed by atoms with E-state index < -0.39 is 17.0 Å². The van der Waals surface area contributed by atoms with Gasteiger partial charge in [-0.1, -0.05) is 12.1 Å². The fraction of sp³-hybridized carbons (Fsp3) is 0.111. The molecule has 0 radical (unpaired) electrons. The van der Waals surface area contributed by atoms with Gasteiger partial charge in [-0.2, -0.15) is 0 Å². The Morgan fingerprint density at radius 1 is 1.08 bits per heavy atom. The molecule has 4 rings (SSSR count). The van der Waals surface area contributed by atoms with E-state index in [1.165, 1.54) is 0 Å². The van der Waals surface area contributed by atoms with Crippen LogP contribution in [0, 0.1) is 0 Å². The van der Waals surface area contributed by atoms with E-state index in [9.17, 15) is 19.2 Å². The second-order valence-corrected chi connectivity index (χ2v) is 6.02. The van der Waals surface area contributed by atoms with Crippen LogP contribution < -0.4 is 21.8 Å². The number of carbonyl (C=O) groups is 2. The van der Waals surface area contributed by atoms with Crippen LogP contribution in [0.1, 0.15) is 5.56 Å². The number of hydrogen-bond donors (Lipinski definition) is 3. The number of nitrogens with zero attached hydrogens (tertiary/aromatic N) is 1. The van der Waals surface area contributed by atoms with E-state index in [0.717, 1.165) is 15.9 Å². The van der Waals surface area contributed by atoms with Crippen LogP contribution in [0.25, 0.3) is 10.8 Å². The van der Waals surface area contributed by atoms with Crippen LogP contribution in [0.2, 0.25) is 0 Å². The number of anilines is 2. The van der Waals surface area contributed by atoms with Crippen LogP contribution in [0.4, 0.5) is 11.4 Å². The maximum Gasteiger partial charge on any atom is 0.273 e. The molecule has 2 heterocycles. The molecule has 3 N–H and O–H groups in total. The largest absolute Gasteiger partial charge is 0.326 e. The van der Waals surface area contributed by atoms with Gasteiger partial charge in [0.1, 0.15) is 6.54 Å². The molecule has 3 aromatic rings. The SMILES string of the molecule is O=C(Cn1[nH]c(=O)c2ccccc2c1=O)Nc1ccc2c(c1)CC(=O)N2. The number of benzene rings is 2. The zero-order chi connectivity index (χ0) is 18.3. The van der Waals surface area contributed by atoms with E-state index in [0.29, 0.717) is 5.69 Å². The number of nitrogens with one attached hydrogen (secondary N) is 3. The van der Waals surface area contributed by atoms with Gasteiger partial charge in [0, 0.05) is 11.4 Å². The molecule has 2 aromatic carbocycles. The van der Waals surface area contributed by atoms with Crippen LogP contribution in [-0.2, 0) is 22.6 Å². The summed E-state index contributed by atoms with van der Waals surface area (Å²) in [6.07, 6.45) is 0.260. The molecule has 0 bridgehead atoms. The number of aromatic nitrogens is 2. The Labute approximate surface area is 146 Å². The van der Waals surface area contributed by atoms with Gasteiger partial charge in [0.25, 0.3) is 11.1 Å². The summed E-state index contributed by atoms with van der Waals surface area (Å²) < 4.78 is 0.985. The highest BCUT2D eigenvalue weighted by atomic mass is 16.2. The van der Waals surface area contributed by atoms with Crippen molar-refractivity contribution in [2.75, 3.05) is 10.6 Å². The zero-order valence-corrected chi connectivity index (χ0v) is 13.5. The minimum Gasteiger partial charge on any atom is -0.326 e. The standard InChI is InChI=1S/C18H14N4O4/c23-15-8-10-7-11(5-6-14(10)20-15)19-16(24)9-22-18(26)13-4-2-1-3-12(13)17(25)21-22/h1-7H,8-9H2,(H,19,24)(H,20,23)(H,21,25). The van der Waals surface area contributed by atoms with Crippen molar-refractivity contribution in [3.05, 3.63) is 68.7 Å². The molecule has 0 saturated heterocycles. The van der Waals surface area contributed by atoms with Crippen molar-refractivity contribution in [2.24, 2.45) is 0 Å². The third-order valence-electron chi connectivity index (χ3n) is 4.20. The van der Waals surface area contributed by atoms with Crippen molar-refractivity contribution in [2.45, 2.75) is 13.0 Å². The summed E-state index contributed by atoms with van der Waals surface area (Å²) >= 11 is 0. The predicted octanol–water partition coefficient (Wildman–Crippen LogP) is 0.823. The zero-order valence-electron chi connectivity index (χ0n) is 13.5. The van der Waals surface area contributed by atoms with Gasteiger partial charge in [-0.25, -0.2) is 4.68 Å². The smallest absolute Gasteiger partial charge is 0.273 e. The molecule has 0 atom stereocenters. The lowest BCUT2D eigenvalue weighted by atomic mass is 10.1. The lowest BCUT2D eigenvalue weighted by molar-refractivity contribution is -0.117. The fourth-order valence-electron chi connectivity index (χ4n) is 3.01. The quantitative estimate of drug-likeness (QED) is 0.649. The van der Waals surface area contributed by atoms with Gasteiger partial charge in [0.2, 0.25) is 11.8 Å². The van der Waals surface area contributed by atoms with Crippen LogP contribution in [0.5, 0.6) is 0 Å². The van der Waals surface area contributed by atoms with Crippen molar-refractivity contribution in [1.82, 2.24) is 9.78 Å². The van der Waals surface area contributed by atoms with Gasteiger partial charge in [-0.15, -0.1) is 0 Å². The van der Waals surface area contributed by atoms with E-state index in [2.05, 4.69) is 15.7 Å². The molecule has 0 fully saturated rings. The maximum atomic E-state index is 12.4. The van der Waals surface area contributed by atoms with Gasteiger partial charge in [-0.3, -0.25) is 24.3 Å². The number of H-pyrrole nitrogens is 1. The van der Waals surface area contributed by atoms with Gasteiger partial charge >= 0.3 is 0 Å². The molecule has 0 saturated carbocycles. The Balaban J connectivity index is 1.58. The van der Waals surface area contributed by atoms with Crippen LogP contribution in [0.3, 0.4) is 0 Å². The number of rotatable bonds is 3. The Morgan fingerprint density at radius 3 is 2.65 bits per heavy atom. The lowest BCUT2D eigenvalue weighted by Crippen LogP contribution is -2.34. The molecule has 2 amide bonds. The van der Waals surface area contributed by atoms with Crippen molar-refractivity contribution in [3.63, 3.8) is 0 Å². The Bertz CT molecular complexity index is 1180. The molecule has 1 aromatic heterocycles. The van der Waals surface area contributed by atoms with Crippen LogP contribution in [0.15, 0.2) is 52.1 Å². The normalized spacial score (nSPS) is 12.7. The second-order valence-electron chi connectivity index (χ2n) is 6.02. The molecule has 0 aliphatic carbocycles. The summed E-state index contributed by atoms with van der Waals surface area (Å²) in [7, 11) is 0. The predicted molar refractivity (Wildman–Crippen MR) is 96.2 cm³/mol. The average Bonchev–Trinajstić information content (AvgIpc) is 2.99. The molecule has 0 spiro atoms. The molecule has 1 aliphatic rings. The number of hydrogen-bond acceptors (Lipinski definition) is 4. The van der Waals surface area contributed by atoms with Gasteiger partial charge in [0.05, 0.1) is 17.2 Å². The van der Waals surface area contributed by atoms with Crippen molar-refractivity contribution in [1.29, 1.82) is 0 Å². The first-order valence-electron chi connectivity index (χ1n) is 7.96. The molecule has 130 valence electrons. The summed E-state index contributed by atoms with van der Waals surface area (Å²) in [4.78, 5) is 48.1. The first kappa shape index (κ1) is 15.8. The molecule has 0 unspecified atom stereocenters. The fourth-order valence-corrected chi connectivity index (χ4v) is 3.01. The highest BCUT2D eigenvalue weighted by Crippen LogP contribution is 2.25. The van der Waals surface area contributed by atoms with Crippen molar-refractivity contribution < 1.29 is 9.59 Å². The second kappa shape index (κ2) is 5.99. The first-order chi connectivity index (χ1) is 12.5. The van der Waals surface area contributed by atoms with E-state index >= 15 is 0 Å². The van der Waals surface area contributed by atoms with Crippen LogP contribution >= 0.6 is 0 Å². The minimum absolute atomic E-state index is 0.0937. The number of fused-ring (bicyclic) bond motifs is 2. The summed E-state index contributed by atoms with van der Waals surface area (Å²) in [5.74, 6) is -0.556. The number of aromatic amines is 1.